The second kappa shape index (κ2) is 8.97. The van der Waals surface area contributed by atoms with Crippen LogP contribution in [0.1, 0.15) is 43.0 Å². The highest BCUT2D eigenvalue weighted by Gasteiger charge is 2.42. The van der Waals surface area contributed by atoms with Crippen LogP contribution < -0.4 is 0 Å². The number of hydrogen-bond acceptors (Lipinski definition) is 4. The highest BCUT2D eigenvalue weighted by Crippen LogP contribution is 2.35. The van der Waals surface area contributed by atoms with E-state index in [1.807, 2.05) is 0 Å². The van der Waals surface area contributed by atoms with Crippen LogP contribution in [0.25, 0.3) is 0 Å². The Hall–Kier alpha value is -0.910. The molecule has 1 aromatic carbocycles. The van der Waals surface area contributed by atoms with Crippen molar-refractivity contribution in [2.24, 2.45) is 0 Å². The van der Waals surface area contributed by atoms with E-state index < -0.39 is 6.04 Å². The summed E-state index contributed by atoms with van der Waals surface area (Å²) in [4.78, 5) is 26.7. The van der Waals surface area contributed by atoms with E-state index in [-0.39, 0.29) is 17.3 Å². The van der Waals surface area contributed by atoms with Gasteiger partial charge in [0.05, 0.1) is 12.5 Å². The van der Waals surface area contributed by atoms with Crippen LogP contribution in [0.3, 0.4) is 0 Å². The summed E-state index contributed by atoms with van der Waals surface area (Å²) in [5.41, 5.74) is 0.393. The van der Waals surface area contributed by atoms with E-state index in [4.69, 9.17) is 27.9 Å². The van der Waals surface area contributed by atoms with Gasteiger partial charge in [0.2, 0.25) is 0 Å². The first-order valence-electron chi connectivity index (χ1n) is 7.96. The number of carbonyl (C=O) groups excluding carboxylic acids is 2. The zero-order valence-corrected chi connectivity index (χ0v) is 16.1. The number of benzene rings is 1. The van der Waals surface area contributed by atoms with E-state index in [1.54, 1.807) is 34.9 Å². The Kier molecular flexibility index (Phi) is 7.26. The maximum atomic E-state index is 13.0. The fraction of sp³-hybridized carbons (Fsp3) is 0.529. The molecule has 1 amide bonds. The van der Waals surface area contributed by atoms with Gasteiger partial charge in [0.25, 0.3) is 5.91 Å². The lowest BCUT2D eigenvalue weighted by Gasteiger charge is -2.28. The summed E-state index contributed by atoms with van der Waals surface area (Å²) in [6.45, 7) is 2.13. The molecule has 4 nitrogen and oxygen atoms in total. The van der Waals surface area contributed by atoms with Gasteiger partial charge in [-0.1, -0.05) is 49.4 Å². The molecular weight excluding hydrogens is 369 g/mol. The second-order valence-corrected chi connectivity index (χ2v) is 7.78. The molecule has 0 N–H and O–H groups in total. The highest BCUT2D eigenvalue weighted by molar-refractivity contribution is 8.00. The van der Waals surface area contributed by atoms with Crippen LogP contribution in [0.2, 0.25) is 10.0 Å². The standard InChI is InChI=1S/C17H21Cl2NO3S/c1-3-4-5-6-15-20(14(10-24-15)17(22)23-2)16(21)11-7-12(18)9-13(19)8-11/h7-9,14-15H,3-6,10H2,1-2H3. The minimum absolute atomic E-state index is 0.0362. The van der Waals surface area contributed by atoms with Crippen molar-refractivity contribution in [3.8, 4) is 0 Å². The maximum absolute atomic E-state index is 13.0. The first kappa shape index (κ1) is 19.4. The van der Waals surface area contributed by atoms with Crippen LogP contribution in [0.5, 0.6) is 0 Å². The van der Waals surface area contributed by atoms with Crippen LogP contribution in [0, 0.1) is 0 Å². The fourth-order valence-corrected chi connectivity index (χ4v) is 4.74. The minimum Gasteiger partial charge on any atom is -0.467 e. The van der Waals surface area contributed by atoms with Crippen molar-refractivity contribution in [1.29, 1.82) is 0 Å². The van der Waals surface area contributed by atoms with Gasteiger partial charge in [0.1, 0.15) is 6.04 Å². The molecule has 1 heterocycles. The van der Waals surface area contributed by atoms with Gasteiger partial charge in [-0.25, -0.2) is 4.79 Å². The molecule has 1 fully saturated rings. The second-order valence-electron chi connectivity index (χ2n) is 5.69. The lowest BCUT2D eigenvalue weighted by atomic mass is 10.1. The molecule has 1 aromatic rings. The first-order valence-corrected chi connectivity index (χ1v) is 9.76. The highest BCUT2D eigenvalue weighted by atomic mass is 35.5. The van der Waals surface area contributed by atoms with Gasteiger partial charge in [0.15, 0.2) is 0 Å². The van der Waals surface area contributed by atoms with Gasteiger partial charge in [-0.15, -0.1) is 11.8 Å². The average Bonchev–Trinajstić information content (AvgIpc) is 2.96. The van der Waals surface area contributed by atoms with E-state index in [0.717, 1.165) is 25.7 Å². The summed E-state index contributed by atoms with van der Waals surface area (Å²) < 4.78 is 4.87. The molecule has 2 unspecified atom stereocenters. The Morgan fingerprint density at radius 3 is 2.50 bits per heavy atom. The molecule has 0 aliphatic carbocycles. The maximum Gasteiger partial charge on any atom is 0.329 e. The summed E-state index contributed by atoms with van der Waals surface area (Å²) in [5, 5.41) is 0.760. The van der Waals surface area contributed by atoms with Gasteiger partial charge in [0, 0.05) is 21.4 Å². The fourth-order valence-electron chi connectivity index (χ4n) is 2.77. The van der Waals surface area contributed by atoms with Crippen molar-refractivity contribution < 1.29 is 14.3 Å². The molecule has 1 aliphatic heterocycles. The van der Waals surface area contributed by atoms with Gasteiger partial charge in [-0.2, -0.15) is 0 Å². The molecule has 0 radical (unpaired) electrons. The number of nitrogens with zero attached hydrogens (tertiary/aromatic N) is 1. The molecule has 7 heteroatoms. The molecule has 2 atom stereocenters. The first-order chi connectivity index (χ1) is 11.5. The largest absolute Gasteiger partial charge is 0.467 e. The van der Waals surface area contributed by atoms with E-state index in [9.17, 15) is 9.59 Å². The van der Waals surface area contributed by atoms with Crippen molar-refractivity contribution in [2.45, 2.75) is 44.0 Å². The summed E-state index contributed by atoms with van der Waals surface area (Å²) in [6, 6.07) is 4.17. The summed E-state index contributed by atoms with van der Waals surface area (Å²) in [7, 11) is 1.34. The van der Waals surface area contributed by atoms with Gasteiger partial charge < -0.3 is 9.64 Å². The normalized spacial score (nSPS) is 20.2. The minimum atomic E-state index is -0.572. The number of ether oxygens (including phenoxy) is 1. The van der Waals surface area contributed by atoms with Gasteiger partial charge >= 0.3 is 5.97 Å². The van der Waals surface area contributed by atoms with E-state index >= 15 is 0 Å². The Bertz CT molecular complexity index is 591. The zero-order valence-electron chi connectivity index (χ0n) is 13.8. The predicted molar refractivity (Wildman–Crippen MR) is 98.8 cm³/mol. The smallest absolute Gasteiger partial charge is 0.329 e. The van der Waals surface area contributed by atoms with Crippen molar-refractivity contribution in [3.05, 3.63) is 33.8 Å². The number of carbonyl (C=O) groups is 2. The molecule has 0 aromatic heterocycles. The Morgan fingerprint density at radius 1 is 1.25 bits per heavy atom. The lowest BCUT2D eigenvalue weighted by Crippen LogP contribution is -2.46. The molecule has 2 rings (SSSR count). The van der Waals surface area contributed by atoms with Crippen LogP contribution in [0.15, 0.2) is 18.2 Å². The van der Waals surface area contributed by atoms with Crippen molar-refractivity contribution in [3.63, 3.8) is 0 Å². The Morgan fingerprint density at radius 2 is 1.92 bits per heavy atom. The molecule has 1 aliphatic rings. The summed E-state index contributed by atoms with van der Waals surface area (Å²) in [5.74, 6) is -0.0768. The number of unbranched alkanes of at least 4 members (excludes halogenated alkanes) is 2. The lowest BCUT2D eigenvalue weighted by molar-refractivity contribution is -0.145. The van der Waals surface area contributed by atoms with E-state index in [2.05, 4.69) is 6.92 Å². The van der Waals surface area contributed by atoms with Crippen molar-refractivity contribution in [2.75, 3.05) is 12.9 Å². The number of hydrogen-bond donors (Lipinski definition) is 0. The zero-order chi connectivity index (χ0) is 17.7. The number of halogens is 2. The molecule has 0 bridgehead atoms. The van der Waals surface area contributed by atoms with Crippen LogP contribution in [-0.2, 0) is 9.53 Å². The van der Waals surface area contributed by atoms with Crippen molar-refractivity contribution >= 4 is 46.8 Å². The van der Waals surface area contributed by atoms with Gasteiger partial charge in [-0.05, 0) is 24.6 Å². The number of rotatable bonds is 6. The number of methoxy groups -OCH3 is 1. The van der Waals surface area contributed by atoms with E-state index in [1.165, 1.54) is 7.11 Å². The summed E-state index contributed by atoms with van der Waals surface area (Å²) >= 11 is 13.7. The quantitative estimate of drug-likeness (QED) is 0.525. The topological polar surface area (TPSA) is 46.6 Å². The number of esters is 1. The Balaban J connectivity index is 2.26. The van der Waals surface area contributed by atoms with Gasteiger partial charge in [-0.3, -0.25) is 4.79 Å². The molecule has 0 spiro atoms. The predicted octanol–water partition coefficient (Wildman–Crippen LogP) is 4.63. The third-order valence-electron chi connectivity index (χ3n) is 3.96. The molecule has 24 heavy (non-hydrogen) atoms. The number of amides is 1. The van der Waals surface area contributed by atoms with Crippen LogP contribution in [0.4, 0.5) is 0 Å². The average molecular weight is 390 g/mol. The van der Waals surface area contributed by atoms with Crippen LogP contribution in [-0.4, -0.2) is 41.1 Å². The monoisotopic (exact) mass is 389 g/mol. The third kappa shape index (κ3) is 4.58. The molecular formula is C17H21Cl2NO3S. The molecule has 132 valence electrons. The molecule has 0 saturated carbocycles. The molecule has 1 saturated heterocycles. The van der Waals surface area contributed by atoms with Crippen molar-refractivity contribution in [1.82, 2.24) is 4.90 Å². The summed E-state index contributed by atoms with van der Waals surface area (Å²) in [6.07, 6.45) is 4.08. The van der Waals surface area contributed by atoms with Crippen LogP contribution >= 0.6 is 35.0 Å². The number of thioether (sulfide) groups is 1. The SMILES string of the molecule is CCCCCC1SCC(C(=O)OC)N1C(=O)c1cc(Cl)cc(Cl)c1. The van der Waals surface area contributed by atoms with E-state index in [0.29, 0.717) is 21.4 Å². The Labute approximate surface area is 156 Å². The third-order valence-corrected chi connectivity index (χ3v) is 5.76.